The molecule has 0 radical (unpaired) electrons. The number of benzene rings is 1. The Morgan fingerprint density at radius 3 is 2.68 bits per heavy atom. The van der Waals surface area contributed by atoms with Crippen molar-refractivity contribution < 1.29 is 9.59 Å². The predicted molar refractivity (Wildman–Crippen MR) is 95.1 cm³/mol. The highest BCUT2D eigenvalue weighted by Gasteiger charge is 2.18. The number of hydrogen-bond acceptors (Lipinski definition) is 4. The van der Waals surface area contributed by atoms with Crippen LogP contribution in [0.5, 0.6) is 0 Å². The van der Waals surface area contributed by atoms with Crippen LogP contribution in [0.1, 0.15) is 40.3 Å². The minimum absolute atomic E-state index is 0.0479. The van der Waals surface area contributed by atoms with Gasteiger partial charge in [-0.1, -0.05) is 25.1 Å². The van der Waals surface area contributed by atoms with E-state index in [2.05, 4.69) is 15.4 Å². The number of aromatic nitrogens is 3. The van der Waals surface area contributed by atoms with Crippen molar-refractivity contribution in [2.75, 3.05) is 5.32 Å². The first-order valence-electron chi connectivity index (χ1n) is 8.00. The molecule has 1 aromatic carbocycles. The van der Waals surface area contributed by atoms with Crippen molar-refractivity contribution in [1.29, 1.82) is 0 Å². The maximum absolute atomic E-state index is 12.6. The minimum atomic E-state index is -0.264. The van der Waals surface area contributed by atoms with E-state index in [9.17, 15) is 9.59 Å². The molecular formula is C19H18N4O2. The van der Waals surface area contributed by atoms with E-state index in [1.807, 2.05) is 25.1 Å². The molecular weight excluding hydrogens is 316 g/mol. The van der Waals surface area contributed by atoms with Gasteiger partial charge in [0.25, 0.3) is 5.91 Å². The summed E-state index contributed by atoms with van der Waals surface area (Å²) in [6.07, 6.45) is 3.86. The third-order valence-corrected chi connectivity index (χ3v) is 3.84. The van der Waals surface area contributed by atoms with Crippen LogP contribution >= 0.6 is 0 Å². The molecule has 0 aliphatic heterocycles. The monoisotopic (exact) mass is 334 g/mol. The van der Waals surface area contributed by atoms with Crippen molar-refractivity contribution in [3.05, 3.63) is 71.7 Å². The van der Waals surface area contributed by atoms with Crippen LogP contribution in [0.2, 0.25) is 0 Å². The van der Waals surface area contributed by atoms with Crippen molar-refractivity contribution in [3.8, 4) is 5.82 Å². The lowest BCUT2D eigenvalue weighted by molar-refractivity contribution is 0.101. The molecule has 0 aliphatic rings. The average molecular weight is 334 g/mol. The smallest absolute Gasteiger partial charge is 0.259 e. The number of Topliss-reactive ketones (excluding diaryl/α,β-unsaturated/α-hetero) is 1. The molecule has 0 bridgehead atoms. The Bertz CT molecular complexity index is 916. The van der Waals surface area contributed by atoms with E-state index in [0.717, 1.165) is 5.69 Å². The van der Waals surface area contributed by atoms with Crippen molar-refractivity contribution in [2.24, 2.45) is 0 Å². The van der Waals surface area contributed by atoms with Crippen LogP contribution in [0.15, 0.2) is 54.9 Å². The molecule has 0 spiro atoms. The largest absolute Gasteiger partial charge is 0.322 e. The Balaban J connectivity index is 1.89. The van der Waals surface area contributed by atoms with Crippen molar-refractivity contribution in [3.63, 3.8) is 0 Å². The number of hydrogen-bond donors (Lipinski definition) is 1. The predicted octanol–water partition coefficient (Wildman–Crippen LogP) is 3.28. The zero-order valence-corrected chi connectivity index (χ0v) is 14.1. The van der Waals surface area contributed by atoms with E-state index in [4.69, 9.17) is 0 Å². The van der Waals surface area contributed by atoms with Gasteiger partial charge in [0, 0.05) is 17.4 Å². The number of amides is 1. The molecule has 3 rings (SSSR count). The van der Waals surface area contributed by atoms with Crippen molar-refractivity contribution in [1.82, 2.24) is 14.8 Å². The van der Waals surface area contributed by atoms with Gasteiger partial charge in [0.05, 0.1) is 17.5 Å². The summed E-state index contributed by atoms with van der Waals surface area (Å²) in [5.41, 5.74) is 2.39. The standard InChI is InChI=1S/C19H18N4O2/c1-3-17-16(12-21-23(17)18-9-4-5-10-20-18)19(25)22-15-8-6-7-14(11-15)13(2)24/h4-12H,3H2,1-2H3,(H,22,25). The van der Waals surface area contributed by atoms with Gasteiger partial charge in [-0.3, -0.25) is 9.59 Å². The zero-order valence-electron chi connectivity index (χ0n) is 14.1. The number of anilines is 1. The highest BCUT2D eigenvalue weighted by Crippen LogP contribution is 2.17. The average Bonchev–Trinajstić information content (AvgIpc) is 3.06. The summed E-state index contributed by atoms with van der Waals surface area (Å²) < 4.78 is 1.67. The van der Waals surface area contributed by atoms with E-state index in [1.165, 1.54) is 13.1 Å². The SMILES string of the molecule is CCc1c(C(=O)Nc2cccc(C(C)=O)c2)cnn1-c1ccccn1. The van der Waals surface area contributed by atoms with E-state index < -0.39 is 0 Å². The fourth-order valence-electron chi connectivity index (χ4n) is 2.59. The molecule has 126 valence electrons. The fraction of sp³-hybridized carbons (Fsp3) is 0.158. The second-order valence-electron chi connectivity index (χ2n) is 5.55. The lowest BCUT2D eigenvalue weighted by atomic mass is 10.1. The Morgan fingerprint density at radius 1 is 1.16 bits per heavy atom. The van der Waals surface area contributed by atoms with Gasteiger partial charge in [-0.2, -0.15) is 5.10 Å². The maximum Gasteiger partial charge on any atom is 0.259 e. The van der Waals surface area contributed by atoms with E-state index in [1.54, 1.807) is 35.1 Å². The third kappa shape index (κ3) is 3.47. The van der Waals surface area contributed by atoms with Crippen molar-refractivity contribution >= 4 is 17.4 Å². The van der Waals surface area contributed by atoms with E-state index in [-0.39, 0.29) is 11.7 Å². The summed E-state index contributed by atoms with van der Waals surface area (Å²) in [4.78, 5) is 28.4. The molecule has 1 N–H and O–H groups in total. The van der Waals surface area contributed by atoms with Gasteiger partial charge in [-0.15, -0.1) is 0 Å². The molecule has 6 nitrogen and oxygen atoms in total. The molecule has 1 amide bonds. The second kappa shape index (κ2) is 7.09. The summed E-state index contributed by atoms with van der Waals surface area (Å²) in [6, 6.07) is 12.4. The van der Waals surface area contributed by atoms with Crippen LogP contribution in [0.25, 0.3) is 5.82 Å². The summed E-state index contributed by atoms with van der Waals surface area (Å²) in [6.45, 7) is 3.45. The number of nitrogens with one attached hydrogen (secondary N) is 1. The summed E-state index contributed by atoms with van der Waals surface area (Å²) in [5, 5.41) is 7.13. The molecule has 0 aliphatic carbocycles. The quantitative estimate of drug-likeness (QED) is 0.726. The Hall–Kier alpha value is -3.28. The summed E-state index contributed by atoms with van der Waals surface area (Å²) in [7, 11) is 0. The van der Waals surface area contributed by atoms with Gasteiger partial charge in [0.2, 0.25) is 0 Å². The third-order valence-electron chi connectivity index (χ3n) is 3.84. The summed E-state index contributed by atoms with van der Waals surface area (Å²) in [5.74, 6) is 0.352. The van der Waals surface area contributed by atoms with Crippen LogP contribution in [-0.4, -0.2) is 26.5 Å². The number of ketones is 1. The first-order valence-corrected chi connectivity index (χ1v) is 8.00. The number of rotatable bonds is 5. The fourth-order valence-corrected chi connectivity index (χ4v) is 2.59. The van der Waals surface area contributed by atoms with Gasteiger partial charge in [0.15, 0.2) is 11.6 Å². The molecule has 0 fully saturated rings. The lowest BCUT2D eigenvalue weighted by Gasteiger charge is -2.08. The van der Waals surface area contributed by atoms with Gasteiger partial charge in [-0.25, -0.2) is 9.67 Å². The molecule has 25 heavy (non-hydrogen) atoms. The van der Waals surface area contributed by atoms with E-state index in [0.29, 0.717) is 29.1 Å². The topological polar surface area (TPSA) is 76.9 Å². The molecule has 2 heterocycles. The Kier molecular flexibility index (Phi) is 4.70. The van der Waals surface area contributed by atoms with Gasteiger partial charge in [-0.05, 0) is 37.6 Å². The first kappa shape index (κ1) is 16.6. The highest BCUT2D eigenvalue weighted by molar-refractivity contribution is 6.05. The molecule has 0 saturated heterocycles. The van der Waals surface area contributed by atoms with Crippen LogP contribution < -0.4 is 5.32 Å². The zero-order chi connectivity index (χ0) is 17.8. The highest BCUT2D eigenvalue weighted by atomic mass is 16.1. The number of carbonyl (C=O) groups excluding carboxylic acids is 2. The van der Waals surface area contributed by atoms with Gasteiger partial charge >= 0.3 is 0 Å². The van der Waals surface area contributed by atoms with Gasteiger partial charge in [0.1, 0.15) is 0 Å². The van der Waals surface area contributed by atoms with Crippen LogP contribution in [0, 0.1) is 0 Å². The molecule has 3 aromatic rings. The van der Waals surface area contributed by atoms with Crippen LogP contribution in [0.3, 0.4) is 0 Å². The molecule has 0 atom stereocenters. The summed E-state index contributed by atoms with van der Waals surface area (Å²) >= 11 is 0. The number of carbonyl (C=O) groups is 2. The Labute approximate surface area is 145 Å². The second-order valence-corrected chi connectivity index (χ2v) is 5.55. The van der Waals surface area contributed by atoms with Crippen LogP contribution in [0.4, 0.5) is 5.69 Å². The van der Waals surface area contributed by atoms with E-state index >= 15 is 0 Å². The Morgan fingerprint density at radius 2 is 2.00 bits per heavy atom. The molecule has 0 saturated carbocycles. The molecule has 0 unspecified atom stereocenters. The first-order chi connectivity index (χ1) is 12.1. The maximum atomic E-state index is 12.6. The van der Waals surface area contributed by atoms with Crippen molar-refractivity contribution in [2.45, 2.75) is 20.3 Å². The number of nitrogens with zero attached hydrogens (tertiary/aromatic N) is 3. The van der Waals surface area contributed by atoms with Gasteiger partial charge < -0.3 is 5.32 Å². The number of pyridine rings is 1. The van der Waals surface area contributed by atoms with Crippen LogP contribution in [-0.2, 0) is 6.42 Å². The molecule has 6 heteroatoms. The normalized spacial score (nSPS) is 10.5. The molecule has 2 aromatic heterocycles. The minimum Gasteiger partial charge on any atom is -0.322 e. The lowest BCUT2D eigenvalue weighted by Crippen LogP contribution is -2.14.